The first kappa shape index (κ1) is 19.1. The van der Waals surface area contributed by atoms with Crippen molar-refractivity contribution in [2.75, 3.05) is 6.54 Å². The van der Waals surface area contributed by atoms with Gasteiger partial charge in [0.15, 0.2) is 5.69 Å². The van der Waals surface area contributed by atoms with Gasteiger partial charge in [0.25, 0.3) is 0 Å². The highest BCUT2D eigenvalue weighted by Gasteiger charge is 2.35. The molecule has 1 aliphatic carbocycles. The topological polar surface area (TPSA) is 92.5 Å². The monoisotopic (exact) mass is 403 g/mol. The Morgan fingerprint density at radius 2 is 1.82 bits per heavy atom. The number of carboxylic acid groups (broad SMARTS) is 1. The number of carboxylic acids is 1. The first-order valence-corrected chi connectivity index (χ1v) is 11.2. The van der Waals surface area contributed by atoms with Gasteiger partial charge in [0, 0.05) is 30.8 Å². The molecule has 2 aromatic rings. The summed E-state index contributed by atoms with van der Waals surface area (Å²) >= 11 is 0. The number of sulfonamides is 1. The second kappa shape index (κ2) is 7.33. The van der Waals surface area contributed by atoms with E-state index in [0.29, 0.717) is 18.5 Å². The smallest absolute Gasteiger partial charge is 0.356 e. The Kier molecular flexibility index (Phi) is 5.01. The van der Waals surface area contributed by atoms with Gasteiger partial charge in [0.2, 0.25) is 10.0 Å². The van der Waals surface area contributed by atoms with E-state index in [4.69, 9.17) is 0 Å². The zero-order chi connectivity index (χ0) is 19.9. The molecule has 28 heavy (non-hydrogen) atoms. The Morgan fingerprint density at radius 3 is 2.46 bits per heavy atom. The van der Waals surface area contributed by atoms with E-state index in [2.05, 4.69) is 5.10 Å². The van der Waals surface area contributed by atoms with Crippen molar-refractivity contribution in [3.63, 3.8) is 0 Å². The number of nitrogens with zero attached hydrogens (tertiary/aromatic N) is 3. The molecule has 2 heterocycles. The molecular weight excluding hydrogens is 378 g/mol. The van der Waals surface area contributed by atoms with Crippen molar-refractivity contribution in [1.29, 1.82) is 0 Å². The maximum atomic E-state index is 13.0. The molecule has 1 aliphatic heterocycles. The van der Waals surface area contributed by atoms with Crippen LogP contribution in [0.5, 0.6) is 0 Å². The van der Waals surface area contributed by atoms with Crippen LogP contribution >= 0.6 is 0 Å². The van der Waals surface area contributed by atoms with Crippen molar-refractivity contribution < 1.29 is 18.3 Å². The van der Waals surface area contributed by atoms with Gasteiger partial charge in [-0.25, -0.2) is 13.2 Å². The lowest BCUT2D eigenvalue weighted by Gasteiger charge is -2.29. The molecule has 1 saturated carbocycles. The van der Waals surface area contributed by atoms with Crippen LogP contribution in [0, 0.1) is 6.92 Å². The van der Waals surface area contributed by atoms with E-state index in [1.807, 2.05) is 11.6 Å². The minimum absolute atomic E-state index is 0.00983. The zero-order valence-corrected chi connectivity index (χ0v) is 16.8. The number of hydrogen-bond acceptors (Lipinski definition) is 4. The molecule has 1 fully saturated rings. The van der Waals surface area contributed by atoms with Gasteiger partial charge in [0.1, 0.15) is 0 Å². The maximum absolute atomic E-state index is 13.0. The third kappa shape index (κ3) is 3.35. The van der Waals surface area contributed by atoms with Crippen molar-refractivity contribution in [1.82, 2.24) is 14.1 Å². The summed E-state index contributed by atoms with van der Waals surface area (Å²) in [4.78, 5) is 12.0. The highest BCUT2D eigenvalue weighted by molar-refractivity contribution is 7.89. The van der Waals surface area contributed by atoms with E-state index < -0.39 is 16.0 Å². The fraction of sp³-hybridized carbons (Fsp3) is 0.500. The predicted molar refractivity (Wildman–Crippen MR) is 104 cm³/mol. The molecule has 8 heteroatoms. The first-order chi connectivity index (χ1) is 13.4. The van der Waals surface area contributed by atoms with Crippen molar-refractivity contribution in [3.8, 4) is 0 Å². The van der Waals surface area contributed by atoms with Gasteiger partial charge < -0.3 is 5.11 Å². The zero-order valence-electron chi connectivity index (χ0n) is 16.0. The summed E-state index contributed by atoms with van der Waals surface area (Å²) in [7, 11) is -3.68. The van der Waals surface area contributed by atoms with E-state index in [9.17, 15) is 18.3 Å². The Labute approximate surface area is 165 Å². The Morgan fingerprint density at radius 1 is 1.14 bits per heavy atom. The molecule has 1 aromatic carbocycles. The molecule has 2 aliphatic rings. The van der Waals surface area contributed by atoms with E-state index >= 15 is 0 Å². The van der Waals surface area contributed by atoms with Gasteiger partial charge >= 0.3 is 5.97 Å². The molecule has 1 aromatic heterocycles. The molecule has 0 amide bonds. The lowest BCUT2D eigenvalue weighted by molar-refractivity contribution is 0.0687. The van der Waals surface area contributed by atoms with Crippen molar-refractivity contribution in [2.45, 2.75) is 62.9 Å². The average molecular weight is 404 g/mol. The maximum Gasteiger partial charge on any atom is 0.356 e. The largest absolute Gasteiger partial charge is 0.476 e. The standard InChI is InChI=1S/C20H25N3O4S/c1-14-7-9-16(10-8-14)28(26,27)22-12-11-18-17(13-22)19(20(24)25)21-23(18)15-5-3-2-4-6-15/h7-10,15H,2-6,11-13H2,1H3,(H,24,25). The van der Waals surface area contributed by atoms with Crippen LogP contribution in [0.1, 0.15) is 65.5 Å². The van der Waals surface area contributed by atoms with Gasteiger partial charge in [-0.2, -0.15) is 9.40 Å². The van der Waals surface area contributed by atoms with Crippen LogP contribution in [0.3, 0.4) is 0 Å². The number of rotatable bonds is 4. The van der Waals surface area contributed by atoms with E-state index in [1.54, 1.807) is 24.3 Å². The van der Waals surface area contributed by atoms with Crippen LogP contribution in [-0.4, -0.2) is 40.1 Å². The van der Waals surface area contributed by atoms with Crippen LogP contribution in [0.25, 0.3) is 0 Å². The van der Waals surface area contributed by atoms with Crippen LogP contribution in [-0.2, 0) is 23.0 Å². The van der Waals surface area contributed by atoms with Gasteiger partial charge in [-0.3, -0.25) is 4.68 Å². The number of hydrogen-bond donors (Lipinski definition) is 1. The molecule has 0 bridgehead atoms. The van der Waals surface area contributed by atoms with Gasteiger partial charge in [0.05, 0.1) is 10.9 Å². The molecule has 0 radical (unpaired) electrons. The van der Waals surface area contributed by atoms with Gasteiger partial charge in [-0.05, 0) is 31.9 Å². The highest BCUT2D eigenvalue weighted by atomic mass is 32.2. The fourth-order valence-corrected chi connectivity index (χ4v) is 5.69. The van der Waals surface area contributed by atoms with Crippen LogP contribution in [0.2, 0.25) is 0 Å². The van der Waals surface area contributed by atoms with Crippen molar-refractivity contribution in [3.05, 3.63) is 46.8 Å². The number of aromatic carboxylic acids is 1. The summed E-state index contributed by atoms with van der Waals surface area (Å²) in [5.41, 5.74) is 2.41. The minimum atomic E-state index is -3.68. The third-order valence-corrected chi connectivity index (χ3v) is 7.69. The van der Waals surface area contributed by atoms with Gasteiger partial charge in [-0.1, -0.05) is 37.0 Å². The summed E-state index contributed by atoms with van der Waals surface area (Å²) in [6.07, 6.45) is 5.92. The normalized spacial score (nSPS) is 18.8. The van der Waals surface area contributed by atoms with Crippen LogP contribution in [0.15, 0.2) is 29.2 Å². The average Bonchev–Trinajstić information content (AvgIpc) is 3.08. The molecule has 0 spiro atoms. The highest BCUT2D eigenvalue weighted by Crippen LogP contribution is 2.34. The molecule has 0 atom stereocenters. The fourth-order valence-electron chi connectivity index (χ4n) is 4.28. The summed E-state index contributed by atoms with van der Waals surface area (Å²) < 4.78 is 29.4. The summed E-state index contributed by atoms with van der Waals surface area (Å²) in [5, 5.41) is 14.1. The Balaban J connectivity index is 1.68. The first-order valence-electron chi connectivity index (χ1n) is 9.78. The Hall–Kier alpha value is -2.19. The summed E-state index contributed by atoms with van der Waals surface area (Å²) in [6.45, 7) is 2.29. The summed E-state index contributed by atoms with van der Waals surface area (Å²) in [5.74, 6) is -1.10. The number of aryl methyl sites for hydroxylation is 1. The van der Waals surface area contributed by atoms with Crippen molar-refractivity contribution >= 4 is 16.0 Å². The molecule has 7 nitrogen and oxygen atoms in total. The molecule has 4 rings (SSSR count). The summed E-state index contributed by atoms with van der Waals surface area (Å²) in [6, 6.07) is 6.96. The second-order valence-corrected chi connectivity index (χ2v) is 9.65. The minimum Gasteiger partial charge on any atom is -0.476 e. The van der Waals surface area contributed by atoms with E-state index in [1.165, 1.54) is 10.7 Å². The molecule has 150 valence electrons. The molecule has 1 N–H and O–H groups in total. The Bertz CT molecular complexity index is 989. The van der Waals surface area contributed by atoms with Crippen LogP contribution < -0.4 is 0 Å². The lowest BCUT2D eigenvalue weighted by atomic mass is 9.95. The van der Waals surface area contributed by atoms with Crippen molar-refractivity contribution in [2.24, 2.45) is 0 Å². The van der Waals surface area contributed by atoms with Gasteiger partial charge in [-0.15, -0.1) is 0 Å². The quantitative estimate of drug-likeness (QED) is 0.847. The SMILES string of the molecule is Cc1ccc(S(=O)(=O)N2CCc3c(c(C(=O)O)nn3C3CCCCC3)C2)cc1. The molecule has 0 unspecified atom stereocenters. The number of aromatic nitrogens is 2. The van der Waals surface area contributed by atoms with E-state index in [-0.39, 0.29) is 23.2 Å². The van der Waals surface area contributed by atoms with E-state index in [0.717, 1.165) is 36.9 Å². The molecule has 0 saturated heterocycles. The third-order valence-electron chi connectivity index (χ3n) is 5.83. The number of fused-ring (bicyclic) bond motifs is 1. The molecular formula is C20H25N3O4S. The number of benzene rings is 1. The lowest BCUT2D eigenvalue weighted by Crippen LogP contribution is -2.37. The predicted octanol–water partition coefficient (Wildman–Crippen LogP) is 3.14. The second-order valence-electron chi connectivity index (χ2n) is 7.72. The number of carbonyl (C=O) groups is 1. The van der Waals surface area contributed by atoms with Crippen LogP contribution in [0.4, 0.5) is 0 Å².